The Hall–Kier alpha value is -1.10. The molecule has 0 saturated carbocycles. The van der Waals surface area contributed by atoms with Crippen molar-refractivity contribution in [1.29, 1.82) is 0 Å². The number of benzene rings is 2. The van der Waals surface area contributed by atoms with Crippen LogP contribution in [-0.4, -0.2) is 6.54 Å². The standard InChI is InChI=1S/C16H16ClF2NS/c1-2-8-20-10-12-13(17)4-3-5-15(12)21-16-9-11(18)6-7-14(16)19/h3-7,9,20H,2,8,10H2,1H3. The number of rotatable bonds is 6. The molecule has 2 rings (SSSR count). The molecule has 0 amide bonds. The summed E-state index contributed by atoms with van der Waals surface area (Å²) >= 11 is 7.41. The molecule has 0 unspecified atom stereocenters. The van der Waals surface area contributed by atoms with Crippen molar-refractivity contribution in [2.45, 2.75) is 29.7 Å². The van der Waals surface area contributed by atoms with Crippen LogP contribution in [0.5, 0.6) is 0 Å². The molecule has 1 N–H and O–H groups in total. The van der Waals surface area contributed by atoms with Gasteiger partial charge in [0.15, 0.2) is 0 Å². The minimum absolute atomic E-state index is 0.258. The predicted molar refractivity (Wildman–Crippen MR) is 83.9 cm³/mol. The van der Waals surface area contributed by atoms with Crippen LogP contribution in [0, 0.1) is 11.6 Å². The van der Waals surface area contributed by atoms with E-state index in [2.05, 4.69) is 12.2 Å². The van der Waals surface area contributed by atoms with Crippen LogP contribution < -0.4 is 5.32 Å². The van der Waals surface area contributed by atoms with Crippen LogP contribution in [0.3, 0.4) is 0 Å². The first-order chi connectivity index (χ1) is 10.1. The van der Waals surface area contributed by atoms with Gasteiger partial charge in [-0.2, -0.15) is 0 Å². The second kappa shape index (κ2) is 7.78. The molecule has 0 aliphatic heterocycles. The molecule has 0 bridgehead atoms. The third kappa shape index (κ3) is 4.43. The lowest BCUT2D eigenvalue weighted by atomic mass is 10.2. The van der Waals surface area contributed by atoms with E-state index in [1.165, 1.54) is 17.8 Å². The van der Waals surface area contributed by atoms with Crippen LogP contribution in [0.1, 0.15) is 18.9 Å². The van der Waals surface area contributed by atoms with Crippen LogP contribution in [0.15, 0.2) is 46.2 Å². The fourth-order valence-corrected chi connectivity index (χ4v) is 3.19. The van der Waals surface area contributed by atoms with E-state index in [-0.39, 0.29) is 4.90 Å². The highest BCUT2D eigenvalue weighted by Gasteiger charge is 2.11. The third-order valence-corrected chi connectivity index (χ3v) is 4.41. The quantitative estimate of drug-likeness (QED) is 0.725. The van der Waals surface area contributed by atoms with Crippen LogP contribution in [0.25, 0.3) is 0 Å². The van der Waals surface area contributed by atoms with Gasteiger partial charge in [-0.05, 0) is 48.9 Å². The van der Waals surface area contributed by atoms with E-state index >= 15 is 0 Å². The molecular weight excluding hydrogens is 312 g/mol. The monoisotopic (exact) mass is 327 g/mol. The molecule has 0 saturated heterocycles. The molecule has 0 aliphatic carbocycles. The third-order valence-electron chi connectivity index (χ3n) is 2.92. The van der Waals surface area contributed by atoms with E-state index in [0.717, 1.165) is 35.6 Å². The van der Waals surface area contributed by atoms with Gasteiger partial charge in [-0.15, -0.1) is 0 Å². The normalized spacial score (nSPS) is 10.9. The highest BCUT2D eigenvalue weighted by molar-refractivity contribution is 7.99. The lowest BCUT2D eigenvalue weighted by Crippen LogP contribution is -2.14. The second-order valence-corrected chi connectivity index (χ2v) is 6.06. The average Bonchev–Trinajstić information content (AvgIpc) is 2.46. The topological polar surface area (TPSA) is 12.0 Å². The fraction of sp³-hybridized carbons (Fsp3) is 0.250. The highest BCUT2D eigenvalue weighted by atomic mass is 35.5. The van der Waals surface area contributed by atoms with Crippen molar-refractivity contribution >= 4 is 23.4 Å². The van der Waals surface area contributed by atoms with Crippen molar-refractivity contribution in [1.82, 2.24) is 5.32 Å². The first-order valence-corrected chi connectivity index (χ1v) is 7.92. The lowest BCUT2D eigenvalue weighted by Gasteiger charge is -2.12. The molecule has 0 aliphatic rings. The Morgan fingerprint density at radius 1 is 1.14 bits per heavy atom. The lowest BCUT2D eigenvalue weighted by molar-refractivity contribution is 0.577. The van der Waals surface area contributed by atoms with E-state index in [4.69, 9.17) is 11.6 Å². The van der Waals surface area contributed by atoms with E-state index in [9.17, 15) is 8.78 Å². The Morgan fingerprint density at radius 3 is 2.71 bits per heavy atom. The zero-order valence-electron chi connectivity index (χ0n) is 11.6. The summed E-state index contributed by atoms with van der Waals surface area (Å²) in [5, 5.41) is 3.90. The first kappa shape index (κ1) is 16.3. The Kier molecular flexibility index (Phi) is 6.03. The molecule has 112 valence electrons. The number of nitrogens with one attached hydrogen (secondary N) is 1. The Bertz CT molecular complexity index is 619. The smallest absolute Gasteiger partial charge is 0.137 e. The predicted octanol–water partition coefficient (Wildman–Crippen LogP) is 5.27. The summed E-state index contributed by atoms with van der Waals surface area (Å²) in [4.78, 5) is 1.09. The van der Waals surface area contributed by atoms with Crippen LogP contribution >= 0.6 is 23.4 Å². The van der Waals surface area contributed by atoms with Gasteiger partial charge >= 0.3 is 0 Å². The Labute approximate surface area is 132 Å². The molecule has 0 aromatic heterocycles. The van der Waals surface area contributed by atoms with Gasteiger partial charge < -0.3 is 5.32 Å². The van der Waals surface area contributed by atoms with E-state index in [1.54, 1.807) is 6.07 Å². The van der Waals surface area contributed by atoms with Crippen LogP contribution in [0.4, 0.5) is 8.78 Å². The average molecular weight is 328 g/mol. The maximum absolute atomic E-state index is 13.8. The maximum atomic E-state index is 13.8. The Morgan fingerprint density at radius 2 is 1.95 bits per heavy atom. The van der Waals surface area contributed by atoms with E-state index in [1.807, 2.05) is 12.1 Å². The van der Waals surface area contributed by atoms with Gasteiger partial charge in [0.2, 0.25) is 0 Å². The summed E-state index contributed by atoms with van der Waals surface area (Å²) in [5.74, 6) is -0.888. The maximum Gasteiger partial charge on any atom is 0.137 e. The summed E-state index contributed by atoms with van der Waals surface area (Å²) in [6, 6.07) is 8.92. The SMILES string of the molecule is CCCNCc1c(Cl)cccc1Sc1cc(F)ccc1F. The minimum atomic E-state index is -0.452. The molecule has 2 aromatic rings. The Balaban J connectivity index is 2.26. The van der Waals surface area contributed by atoms with Gasteiger partial charge in [0.25, 0.3) is 0 Å². The molecular formula is C16H16ClF2NS. The van der Waals surface area contributed by atoms with Crippen LogP contribution in [0.2, 0.25) is 5.02 Å². The van der Waals surface area contributed by atoms with Gasteiger partial charge in [0, 0.05) is 16.5 Å². The van der Waals surface area contributed by atoms with Crippen LogP contribution in [-0.2, 0) is 6.54 Å². The van der Waals surface area contributed by atoms with Crippen molar-refractivity contribution in [2.24, 2.45) is 0 Å². The number of halogens is 3. The molecule has 0 heterocycles. The molecule has 0 atom stereocenters. The van der Waals surface area contributed by atoms with Gasteiger partial charge in [-0.3, -0.25) is 0 Å². The van der Waals surface area contributed by atoms with E-state index < -0.39 is 11.6 Å². The van der Waals surface area contributed by atoms with Crippen molar-refractivity contribution in [3.8, 4) is 0 Å². The minimum Gasteiger partial charge on any atom is -0.313 e. The molecule has 0 fully saturated rings. The zero-order valence-corrected chi connectivity index (χ0v) is 13.2. The molecule has 5 heteroatoms. The second-order valence-electron chi connectivity index (χ2n) is 4.57. The summed E-state index contributed by atoms with van der Waals surface area (Å²) in [7, 11) is 0. The molecule has 0 radical (unpaired) electrons. The summed E-state index contributed by atoms with van der Waals surface area (Å²) in [5.41, 5.74) is 0.904. The number of hydrogen-bond acceptors (Lipinski definition) is 2. The first-order valence-electron chi connectivity index (χ1n) is 6.73. The van der Waals surface area contributed by atoms with Crippen molar-refractivity contribution in [3.63, 3.8) is 0 Å². The summed E-state index contributed by atoms with van der Waals surface area (Å²) < 4.78 is 27.0. The zero-order chi connectivity index (χ0) is 15.2. The van der Waals surface area contributed by atoms with Crippen molar-refractivity contribution in [2.75, 3.05) is 6.54 Å². The fourth-order valence-electron chi connectivity index (χ4n) is 1.87. The summed E-state index contributed by atoms with van der Waals surface area (Å²) in [6.07, 6.45) is 1.02. The van der Waals surface area contributed by atoms with Gasteiger partial charge in [0.1, 0.15) is 11.6 Å². The van der Waals surface area contributed by atoms with E-state index in [0.29, 0.717) is 11.6 Å². The molecule has 2 aromatic carbocycles. The van der Waals surface area contributed by atoms with Gasteiger partial charge in [0.05, 0.1) is 4.90 Å². The highest BCUT2D eigenvalue weighted by Crippen LogP contribution is 2.35. The van der Waals surface area contributed by atoms with Gasteiger partial charge in [-0.1, -0.05) is 36.4 Å². The summed E-state index contributed by atoms with van der Waals surface area (Å²) in [6.45, 7) is 3.56. The van der Waals surface area contributed by atoms with Crippen molar-refractivity contribution < 1.29 is 8.78 Å². The largest absolute Gasteiger partial charge is 0.313 e. The number of hydrogen-bond donors (Lipinski definition) is 1. The molecule has 1 nitrogen and oxygen atoms in total. The molecule has 21 heavy (non-hydrogen) atoms. The molecule has 0 spiro atoms. The van der Waals surface area contributed by atoms with Crippen molar-refractivity contribution in [3.05, 3.63) is 58.6 Å². The van der Waals surface area contributed by atoms with Gasteiger partial charge in [-0.25, -0.2) is 8.78 Å².